The van der Waals surface area contributed by atoms with E-state index in [1.165, 1.54) is 0 Å². The van der Waals surface area contributed by atoms with Crippen molar-refractivity contribution in [3.05, 3.63) is 0 Å². The van der Waals surface area contributed by atoms with E-state index in [1.807, 2.05) is 13.8 Å². The molecular formula is C10H18O4. The number of carbonyl (C=O) groups is 1. The lowest BCUT2D eigenvalue weighted by molar-refractivity contribution is -0.157. The van der Waals surface area contributed by atoms with Crippen molar-refractivity contribution in [3.8, 4) is 0 Å². The van der Waals surface area contributed by atoms with Crippen LogP contribution in [0.1, 0.15) is 26.7 Å². The van der Waals surface area contributed by atoms with Gasteiger partial charge in [0.05, 0.1) is 12.7 Å². The average molecular weight is 202 g/mol. The molecule has 1 rings (SSSR count). The third-order valence-corrected chi connectivity index (χ3v) is 2.23. The maximum atomic E-state index is 10.8. The zero-order valence-electron chi connectivity index (χ0n) is 8.73. The van der Waals surface area contributed by atoms with Gasteiger partial charge in [0.15, 0.2) is 6.10 Å². The number of rotatable bonds is 7. The summed E-state index contributed by atoms with van der Waals surface area (Å²) in [5.41, 5.74) is 0. The highest BCUT2D eigenvalue weighted by atomic mass is 16.6. The highest BCUT2D eigenvalue weighted by Gasteiger charge is 2.38. The Kier molecular flexibility index (Phi) is 4.35. The second-order valence-corrected chi connectivity index (χ2v) is 3.70. The van der Waals surface area contributed by atoms with Gasteiger partial charge in [-0.25, -0.2) is 4.79 Å². The van der Waals surface area contributed by atoms with Crippen LogP contribution in [0.2, 0.25) is 0 Å². The summed E-state index contributed by atoms with van der Waals surface area (Å²) in [6.07, 6.45) is 1.17. The Hall–Kier alpha value is -0.610. The van der Waals surface area contributed by atoms with E-state index in [9.17, 15) is 4.79 Å². The van der Waals surface area contributed by atoms with Crippen molar-refractivity contribution in [2.24, 2.45) is 5.92 Å². The molecule has 0 aliphatic heterocycles. The fourth-order valence-corrected chi connectivity index (χ4v) is 1.34. The minimum atomic E-state index is -0.851. The number of ether oxygens (including phenoxy) is 2. The third-order valence-electron chi connectivity index (χ3n) is 2.23. The van der Waals surface area contributed by atoms with Crippen molar-refractivity contribution in [2.75, 3.05) is 13.2 Å². The molecule has 0 aromatic heterocycles. The van der Waals surface area contributed by atoms with Crippen LogP contribution < -0.4 is 0 Å². The van der Waals surface area contributed by atoms with Crippen LogP contribution in [0.4, 0.5) is 0 Å². The molecule has 4 heteroatoms. The van der Waals surface area contributed by atoms with Gasteiger partial charge < -0.3 is 14.6 Å². The van der Waals surface area contributed by atoms with E-state index in [-0.39, 0.29) is 12.0 Å². The number of aliphatic carboxylic acids is 1. The number of carboxylic acid groups (broad SMARTS) is 1. The third kappa shape index (κ3) is 3.64. The second-order valence-electron chi connectivity index (χ2n) is 3.70. The monoisotopic (exact) mass is 202 g/mol. The molecule has 2 unspecified atom stereocenters. The van der Waals surface area contributed by atoms with Gasteiger partial charge in [0, 0.05) is 6.61 Å². The van der Waals surface area contributed by atoms with Gasteiger partial charge in [-0.05, 0) is 32.6 Å². The van der Waals surface area contributed by atoms with Gasteiger partial charge in [-0.15, -0.1) is 0 Å². The number of carboxylic acids is 1. The van der Waals surface area contributed by atoms with Crippen molar-refractivity contribution in [3.63, 3.8) is 0 Å². The molecule has 82 valence electrons. The fraction of sp³-hybridized carbons (Fsp3) is 0.900. The van der Waals surface area contributed by atoms with E-state index in [0.29, 0.717) is 13.2 Å². The van der Waals surface area contributed by atoms with Crippen molar-refractivity contribution in [2.45, 2.75) is 38.9 Å². The molecule has 0 aromatic carbocycles. The van der Waals surface area contributed by atoms with E-state index in [0.717, 1.165) is 12.8 Å². The predicted octanol–water partition coefficient (Wildman–Crippen LogP) is 1.29. The summed E-state index contributed by atoms with van der Waals surface area (Å²) in [5.74, 6) is -0.632. The topological polar surface area (TPSA) is 55.8 Å². The van der Waals surface area contributed by atoms with Crippen molar-refractivity contribution in [1.82, 2.24) is 0 Å². The first-order valence-electron chi connectivity index (χ1n) is 5.11. The zero-order chi connectivity index (χ0) is 10.6. The number of hydrogen-bond donors (Lipinski definition) is 1. The van der Waals surface area contributed by atoms with Crippen molar-refractivity contribution >= 4 is 5.97 Å². The van der Waals surface area contributed by atoms with Crippen LogP contribution in [0.3, 0.4) is 0 Å². The molecular weight excluding hydrogens is 184 g/mol. The summed E-state index contributed by atoms with van der Waals surface area (Å²) in [5, 5.41) is 8.89. The van der Waals surface area contributed by atoms with Crippen LogP contribution in [0.25, 0.3) is 0 Å². The summed E-state index contributed by atoms with van der Waals surface area (Å²) in [7, 11) is 0. The summed E-state index contributed by atoms with van der Waals surface area (Å²) < 4.78 is 10.6. The highest BCUT2D eigenvalue weighted by molar-refractivity contribution is 5.73. The molecule has 0 amide bonds. The first-order chi connectivity index (χ1) is 6.65. The highest BCUT2D eigenvalue weighted by Crippen LogP contribution is 2.34. The SMILES string of the molecule is CCOCC(C)OC(C(=O)O)C1CC1. The molecule has 4 nitrogen and oxygen atoms in total. The maximum absolute atomic E-state index is 10.8. The molecule has 1 N–H and O–H groups in total. The van der Waals surface area contributed by atoms with Crippen LogP contribution >= 0.6 is 0 Å². The Labute approximate surface area is 84.2 Å². The molecule has 1 saturated carbocycles. The first-order valence-corrected chi connectivity index (χ1v) is 5.11. The van der Waals surface area contributed by atoms with E-state index in [4.69, 9.17) is 14.6 Å². The lowest BCUT2D eigenvalue weighted by Gasteiger charge is -2.18. The van der Waals surface area contributed by atoms with Gasteiger partial charge in [0.25, 0.3) is 0 Å². The Morgan fingerprint density at radius 3 is 2.64 bits per heavy atom. The predicted molar refractivity (Wildman–Crippen MR) is 51.2 cm³/mol. The lowest BCUT2D eigenvalue weighted by atomic mass is 10.2. The van der Waals surface area contributed by atoms with Crippen LogP contribution in [-0.2, 0) is 14.3 Å². The van der Waals surface area contributed by atoms with Gasteiger partial charge in [-0.3, -0.25) is 0 Å². The maximum Gasteiger partial charge on any atom is 0.333 e. The molecule has 1 fully saturated rings. The Morgan fingerprint density at radius 1 is 1.57 bits per heavy atom. The molecule has 0 spiro atoms. The number of hydrogen-bond acceptors (Lipinski definition) is 3. The smallest absolute Gasteiger partial charge is 0.333 e. The molecule has 0 radical (unpaired) electrons. The molecule has 0 aromatic rings. The second kappa shape index (κ2) is 5.32. The van der Waals surface area contributed by atoms with Crippen LogP contribution in [0, 0.1) is 5.92 Å². The molecule has 0 saturated heterocycles. The lowest BCUT2D eigenvalue weighted by Crippen LogP contribution is -2.32. The van der Waals surface area contributed by atoms with Gasteiger partial charge >= 0.3 is 5.97 Å². The molecule has 0 heterocycles. The normalized spacial score (nSPS) is 20.4. The Balaban J connectivity index is 2.27. The van der Waals surface area contributed by atoms with E-state index in [2.05, 4.69) is 0 Å². The molecule has 1 aliphatic carbocycles. The van der Waals surface area contributed by atoms with E-state index in [1.54, 1.807) is 0 Å². The van der Waals surface area contributed by atoms with Gasteiger partial charge in [0.2, 0.25) is 0 Å². The van der Waals surface area contributed by atoms with Crippen molar-refractivity contribution in [1.29, 1.82) is 0 Å². The van der Waals surface area contributed by atoms with E-state index >= 15 is 0 Å². The fourth-order valence-electron chi connectivity index (χ4n) is 1.34. The molecule has 14 heavy (non-hydrogen) atoms. The molecule has 0 bridgehead atoms. The van der Waals surface area contributed by atoms with Crippen LogP contribution in [-0.4, -0.2) is 36.5 Å². The molecule has 2 atom stereocenters. The quantitative estimate of drug-likeness (QED) is 0.676. The standard InChI is InChI=1S/C10H18O4/c1-3-13-6-7(2)14-9(10(11)12)8-4-5-8/h7-9H,3-6H2,1-2H3,(H,11,12). The van der Waals surface area contributed by atoms with Crippen molar-refractivity contribution < 1.29 is 19.4 Å². The summed E-state index contributed by atoms with van der Waals surface area (Å²) in [6.45, 7) is 4.85. The minimum Gasteiger partial charge on any atom is -0.479 e. The van der Waals surface area contributed by atoms with E-state index < -0.39 is 12.1 Å². The Morgan fingerprint density at radius 2 is 2.21 bits per heavy atom. The summed E-state index contributed by atoms with van der Waals surface area (Å²) in [4.78, 5) is 10.8. The van der Waals surface area contributed by atoms with Gasteiger partial charge in [-0.2, -0.15) is 0 Å². The largest absolute Gasteiger partial charge is 0.479 e. The van der Waals surface area contributed by atoms with Gasteiger partial charge in [0.1, 0.15) is 0 Å². The first kappa shape index (κ1) is 11.5. The zero-order valence-corrected chi connectivity index (χ0v) is 8.73. The summed E-state index contributed by atoms with van der Waals surface area (Å²) in [6, 6.07) is 0. The average Bonchev–Trinajstić information content (AvgIpc) is 2.93. The molecule has 1 aliphatic rings. The Bertz CT molecular complexity index is 189. The van der Waals surface area contributed by atoms with Crippen LogP contribution in [0.15, 0.2) is 0 Å². The van der Waals surface area contributed by atoms with Gasteiger partial charge in [-0.1, -0.05) is 0 Å². The minimum absolute atomic E-state index is 0.142. The van der Waals surface area contributed by atoms with Crippen LogP contribution in [0.5, 0.6) is 0 Å². The summed E-state index contributed by atoms with van der Waals surface area (Å²) >= 11 is 0.